The van der Waals surface area contributed by atoms with Crippen molar-refractivity contribution in [2.24, 2.45) is 0 Å². The Morgan fingerprint density at radius 2 is 1.39 bits per heavy atom. The maximum atomic E-state index is 14.1. The number of carbonyl (C=O) groups is 1. The van der Waals surface area contributed by atoms with E-state index >= 15 is 0 Å². The molecule has 0 aliphatic carbocycles. The molecule has 5 nitrogen and oxygen atoms in total. The van der Waals surface area contributed by atoms with Crippen LogP contribution in [0.25, 0.3) is 4.85 Å². The van der Waals surface area contributed by atoms with Crippen LogP contribution in [0.1, 0.15) is 32.3 Å². The van der Waals surface area contributed by atoms with Crippen molar-refractivity contribution in [2.45, 2.75) is 38.0 Å². The van der Waals surface area contributed by atoms with E-state index in [0.29, 0.717) is 45.5 Å². The predicted molar refractivity (Wildman–Crippen MR) is 133 cm³/mol. The minimum atomic E-state index is -1.76. The Kier molecular flexibility index (Phi) is 6.11. The third kappa shape index (κ3) is 3.46. The Morgan fingerprint density at radius 1 is 0.879 bits per heavy atom. The molecule has 4 rings (SSSR count). The fourth-order valence-electron chi connectivity index (χ4n) is 4.87. The zero-order chi connectivity index (χ0) is 23.8. The molecule has 1 fully saturated rings. The minimum Gasteiger partial charge on any atom is -0.365 e. The first kappa shape index (κ1) is 23.1. The molecular formula is C26H23Cl2N3O2. The van der Waals surface area contributed by atoms with Gasteiger partial charge in [-0.1, -0.05) is 55.2 Å². The van der Waals surface area contributed by atoms with Gasteiger partial charge in [0, 0.05) is 21.4 Å². The summed E-state index contributed by atoms with van der Waals surface area (Å²) in [4.78, 5) is 20.7. The van der Waals surface area contributed by atoms with Crippen LogP contribution in [0.15, 0.2) is 72.8 Å². The van der Waals surface area contributed by atoms with Crippen molar-refractivity contribution in [3.05, 3.63) is 99.8 Å². The van der Waals surface area contributed by atoms with Gasteiger partial charge < -0.3 is 5.11 Å². The number of halogens is 2. The van der Waals surface area contributed by atoms with Crippen LogP contribution < -0.4 is 9.80 Å². The van der Waals surface area contributed by atoms with Crippen molar-refractivity contribution in [3.8, 4) is 0 Å². The second-order valence-electron chi connectivity index (χ2n) is 7.98. The number of hydrogen-bond donors (Lipinski definition) is 1. The summed E-state index contributed by atoms with van der Waals surface area (Å²) < 4.78 is 0. The van der Waals surface area contributed by atoms with Crippen molar-refractivity contribution in [1.29, 1.82) is 0 Å². The number of anilines is 2. The Balaban J connectivity index is 2.05. The lowest BCUT2D eigenvalue weighted by atomic mass is 9.76. The molecule has 0 radical (unpaired) electrons. The Morgan fingerprint density at radius 3 is 1.88 bits per heavy atom. The van der Waals surface area contributed by atoms with Crippen LogP contribution >= 0.6 is 23.2 Å². The molecule has 0 bridgehead atoms. The number of carbonyl (C=O) groups excluding carboxylic acids is 1. The molecule has 2 amide bonds. The highest BCUT2D eigenvalue weighted by Crippen LogP contribution is 2.54. The zero-order valence-corrected chi connectivity index (χ0v) is 19.8. The first-order chi connectivity index (χ1) is 15.8. The third-order valence-electron chi connectivity index (χ3n) is 6.50. The highest BCUT2D eigenvalue weighted by Gasteiger charge is 2.66. The smallest absolute Gasteiger partial charge is 0.332 e. The van der Waals surface area contributed by atoms with E-state index in [1.807, 2.05) is 13.8 Å². The highest BCUT2D eigenvalue weighted by molar-refractivity contribution is 6.31. The molecule has 7 heteroatoms. The van der Waals surface area contributed by atoms with Crippen molar-refractivity contribution >= 4 is 46.3 Å². The second kappa shape index (κ2) is 8.72. The summed E-state index contributed by atoms with van der Waals surface area (Å²) in [5, 5.41) is 13.7. The molecule has 1 atom stereocenters. The largest absolute Gasteiger partial charge is 0.365 e. The minimum absolute atomic E-state index is 0.376. The van der Waals surface area contributed by atoms with Gasteiger partial charge in [-0.15, -0.1) is 0 Å². The number of benzene rings is 3. The van der Waals surface area contributed by atoms with E-state index in [2.05, 4.69) is 4.85 Å². The number of hydrogen-bond acceptors (Lipinski definition) is 2. The van der Waals surface area contributed by atoms with Crippen molar-refractivity contribution in [1.82, 2.24) is 0 Å². The molecule has 168 valence electrons. The third-order valence-corrected chi connectivity index (χ3v) is 7.00. The van der Waals surface area contributed by atoms with E-state index in [0.717, 1.165) is 0 Å². The molecule has 1 aliphatic heterocycles. The van der Waals surface area contributed by atoms with Crippen molar-refractivity contribution in [3.63, 3.8) is 0 Å². The number of amides is 2. The highest BCUT2D eigenvalue weighted by atomic mass is 35.5. The average Bonchev–Trinajstić information content (AvgIpc) is 3.04. The lowest BCUT2D eigenvalue weighted by Gasteiger charge is -2.46. The number of nitrogens with zero attached hydrogens (tertiary/aromatic N) is 3. The second-order valence-corrected chi connectivity index (χ2v) is 8.85. The lowest BCUT2D eigenvalue weighted by Crippen LogP contribution is -2.59. The summed E-state index contributed by atoms with van der Waals surface area (Å²) in [6, 6.07) is 20.2. The first-order valence-corrected chi connectivity index (χ1v) is 11.4. The van der Waals surface area contributed by atoms with Gasteiger partial charge in [-0.25, -0.2) is 9.64 Å². The summed E-state index contributed by atoms with van der Waals surface area (Å²) in [7, 11) is 0. The quantitative estimate of drug-likeness (QED) is 0.387. The molecule has 1 heterocycles. The Bertz CT molecular complexity index is 1220. The van der Waals surface area contributed by atoms with Crippen LogP contribution in [0.2, 0.25) is 10.0 Å². The van der Waals surface area contributed by atoms with Crippen LogP contribution in [0.3, 0.4) is 0 Å². The summed E-state index contributed by atoms with van der Waals surface area (Å²) >= 11 is 12.2. The monoisotopic (exact) mass is 479 g/mol. The number of urea groups is 1. The van der Waals surface area contributed by atoms with Gasteiger partial charge >= 0.3 is 6.03 Å². The number of aliphatic hydroxyl groups is 1. The fraction of sp³-hybridized carbons (Fsp3) is 0.231. The van der Waals surface area contributed by atoms with Gasteiger partial charge in [0.05, 0.1) is 6.57 Å². The van der Waals surface area contributed by atoms with Gasteiger partial charge in [0.15, 0.2) is 11.4 Å². The fourth-order valence-corrected chi connectivity index (χ4v) is 5.12. The maximum absolute atomic E-state index is 14.1. The Hall–Kier alpha value is -3.04. The van der Waals surface area contributed by atoms with E-state index in [-0.39, 0.29) is 6.03 Å². The van der Waals surface area contributed by atoms with Crippen LogP contribution in [0.4, 0.5) is 21.9 Å². The molecule has 3 aromatic carbocycles. The van der Waals surface area contributed by atoms with Crippen molar-refractivity contribution in [2.75, 3.05) is 9.80 Å². The normalized spacial score (nSPS) is 19.6. The van der Waals surface area contributed by atoms with Gasteiger partial charge in [-0.05, 0) is 73.0 Å². The summed E-state index contributed by atoms with van der Waals surface area (Å²) in [5.74, 6) is 0. The molecule has 3 aromatic rings. The van der Waals surface area contributed by atoms with Gasteiger partial charge in [-0.3, -0.25) is 9.80 Å². The predicted octanol–water partition coefficient (Wildman–Crippen LogP) is 7.39. The maximum Gasteiger partial charge on any atom is 0.332 e. The van der Waals surface area contributed by atoms with Crippen LogP contribution in [-0.2, 0) is 5.72 Å². The summed E-state index contributed by atoms with van der Waals surface area (Å²) in [5.41, 5.74) is -0.804. The lowest BCUT2D eigenvalue weighted by molar-refractivity contribution is -0.0214. The van der Waals surface area contributed by atoms with E-state index in [1.165, 1.54) is 4.90 Å². The standard InChI is InChI=1S/C26H23Cl2N3O2/c1-4-25(5-2)26(33,18-7-6-8-21(17-18)29-3)31(23-15-11-20(28)12-16-23)24(32)30(25)22-13-9-19(27)10-14-22/h6-17,33H,4-5H2,1-2H3. The van der Waals surface area contributed by atoms with Crippen LogP contribution in [0.5, 0.6) is 0 Å². The van der Waals surface area contributed by atoms with Crippen LogP contribution in [0, 0.1) is 6.57 Å². The van der Waals surface area contributed by atoms with E-state index in [9.17, 15) is 9.90 Å². The summed E-state index contributed by atoms with van der Waals surface area (Å²) in [6.45, 7) is 11.4. The van der Waals surface area contributed by atoms with Crippen molar-refractivity contribution < 1.29 is 9.90 Å². The molecule has 1 saturated heterocycles. The molecule has 1 unspecified atom stereocenters. The topological polar surface area (TPSA) is 48.1 Å². The van der Waals surface area contributed by atoms with E-state index < -0.39 is 11.3 Å². The van der Waals surface area contributed by atoms with E-state index in [4.69, 9.17) is 29.8 Å². The molecule has 0 spiro atoms. The van der Waals surface area contributed by atoms with Gasteiger partial charge in [0.1, 0.15) is 5.54 Å². The first-order valence-electron chi connectivity index (χ1n) is 10.7. The summed E-state index contributed by atoms with van der Waals surface area (Å²) in [6.07, 6.45) is 0.918. The SMILES string of the molecule is [C-]#[N+]c1cccc(C2(O)N(c3ccc(Cl)cc3)C(=O)N(c3ccc(Cl)cc3)C2(CC)CC)c1. The van der Waals surface area contributed by atoms with Gasteiger partial charge in [-0.2, -0.15) is 0 Å². The van der Waals surface area contributed by atoms with Gasteiger partial charge in [0.25, 0.3) is 0 Å². The van der Waals surface area contributed by atoms with Crippen LogP contribution in [-0.4, -0.2) is 16.7 Å². The molecular weight excluding hydrogens is 457 g/mol. The van der Waals surface area contributed by atoms with E-state index in [1.54, 1.807) is 77.7 Å². The average molecular weight is 480 g/mol. The molecule has 1 aliphatic rings. The molecule has 33 heavy (non-hydrogen) atoms. The molecule has 1 N–H and O–H groups in total. The molecule has 0 aromatic heterocycles. The number of rotatable bonds is 5. The van der Waals surface area contributed by atoms with Gasteiger partial charge in [0.2, 0.25) is 0 Å². The Labute approximate surface area is 203 Å². The zero-order valence-electron chi connectivity index (χ0n) is 18.3. The molecule has 0 saturated carbocycles.